The molecule has 1 atom stereocenters. The van der Waals surface area contributed by atoms with Gasteiger partial charge in [0.1, 0.15) is 5.69 Å². The van der Waals surface area contributed by atoms with E-state index in [0.717, 1.165) is 29.9 Å². The molecule has 4 heteroatoms. The van der Waals surface area contributed by atoms with Gasteiger partial charge in [-0.15, -0.1) is 0 Å². The van der Waals surface area contributed by atoms with Crippen LogP contribution in [0.3, 0.4) is 0 Å². The van der Waals surface area contributed by atoms with Crippen molar-refractivity contribution in [2.45, 2.75) is 70.8 Å². The SMILES string of the molecule is Cc1cc(C)cc(-n2c3[n+]4c5c(cccc52)Oc2c-4c(cc4c2C(C)(C)CCC4(C)C)C32c3ccccc3-c3cccc[n+]32)c1. The molecular formula is C41H37N3O+2. The van der Waals surface area contributed by atoms with Crippen molar-refractivity contribution in [2.24, 2.45) is 0 Å². The minimum atomic E-state index is -0.592. The zero-order valence-electron chi connectivity index (χ0n) is 26.8. The molecule has 0 bridgehead atoms. The molecule has 6 aromatic rings. The summed E-state index contributed by atoms with van der Waals surface area (Å²) in [4.78, 5) is 0. The van der Waals surface area contributed by atoms with Gasteiger partial charge in [-0.25, -0.2) is 0 Å². The first-order valence-electron chi connectivity index (χ1n) is 16.3. The fraction of sp³-hybridized carbons (Fsp3) is 0.268. The summed E-state index contributed by atoms with van der Waals surface area (Å²) in [6.07, 6.45) is 4.58. The fourth-order valence-electron chi connectivity index (χ4n) is 9.38. The Morgan fingerprint density at radius 2 is 1.49 bits per heavy atom. The van der Waals surface area contributed by atoms with E-state index in [9.17, 15) is 0 Å². The van der Waals surface area contributed by atoms with Gasteiger partial charge in [-0.05, 0) is 96.7 Å². The number of benzene rings is 4. The van der Waals surface area contributed by atoms with Crippen molar-refractivity contribution in [1.82, 2.24) is 4.57 Å². The summed E-state index contributed by atoms with van der Waals surface area (Å²) in [5, 5.41) is 0. The Balaban J connectivity index is 1.50. The molecule has 0 amide bonds. The molecule has 1 unspecified atom stereocenters. The van der Waals surface area contributed by atoms with Crippen LogP contribution in [0.25, 0.3) is 33.7 Å². The second-order valence-corrected chi connectivity index (χ2v) is 15.1. The molecule has 45 heavy (non-hydrogen) atoms. The Morgan fingerprint density at radius 1 is 0.733 bits per heavy atom. The predicted molar refractivity (Wildman–Crippen MR) is 177 cm³/mol. The van der Waals surface area contributed by atoms with Gasteiger partial charge in [-0.2, -0.15) is 13.7 Å². The van der Waals surface area contributed by atoms with Crippen molar-refractivity contribution in [3.05, 3.63) is 130 Å². The average Bonchev–Trinajstić information content (AvgIpc) is 3.61. The summed E-state index contributed by atoms with van der Waals surface area (Å²) < 4.78 is 14.9. The number of nitrogens with zero attached hydrogens (tertiary/aromatic N) is 3. The van der Waals surface area contributed by atoms with Gasteiger partial charge in [0.25, 0.3) is 0 Å². The Hall–Kier alpha value is -4.70. The van der Waals surface area contributed by atoms with Crippen LogP contribution in [0, 0.1) is 13.8 Å². The fourth-order valence-corrected chi connectivity index (χ4v) is 9.38. The van der Waals surface area contributed by atoms with Gasteiger partial charge in [-0.1, -0.05) is 58.0 Å². The number of aromatic nitrogens is 3. The van der Waals surface area contributed by atoms with E-state index in [1.807, 2.05) is 0 Å². The average molecular weight is 588 g/mol. The zero-order chi connectivity index (χ0) is 30.6. The third-order valence-corrected chi connectivity index (χ3v) is 11.3. The van der Waals surface area contributed by atoms with Gasteiger partial charge in [0.05, 0.1) is 16.7 Å². The lowest BCUT2D eigenvalue weighted by Crippen LogP contribution is -2.57. The number of rotatable bonds is 1. The summed E-state index contributed by atoms with van der Waals surface area (Å²) in [6.45, 7) is 14.1. The minimum absolute atomic E-state index is 0.00799. The first kappa shape index (κ1) is 25.6. The molecule has 0 saturated carbocycles. The van der Waals surface area contributed by atoms with Crippen molar-refractivity contribution in [1.29, 1.82) is 0 Å². The molecule has 2 aromatic heterocycles. The second kappa shape index (κ2) is 7.92. The predicted octanol–water partition coefficient (Wildman–Crippen LogP) is 8.40. The van der Waals surface area contributed by atoms with Gasteiger partial charge in [-0.3, -0.25) is 0 Å². The van der Waals surface area contributed by atoms with E-state index >= 15 is 0 Å². The second-order valence-electron chi connectivity index (χ2n) is 15.1. The van der Waals surface area contributed by atoms with Crippen molar-refractivity contribution in [3.63, 3.8) is 0 Å². The monoisotopic (exact) mass is 587 g/mol. The molecule has 0 N–H and O–H groups in total. The highest BCUT2D eigenvalue weighted by atomic mass is 16.5. The zero-order valence-corrected chi connectivity index (χ0v) is 26.8. The number of imidazole rings is 1. The van der Waals surface area contributed by atoms with Crippen LogP contribution < -0.4 is 13.9 Å². The Labute approximate surface area is 264 Å². The van der Waals surface area contributed by atoms with Crippen molar-refractivity contribution in [3.8, 4) is 34.1 Å². The number of pyridine rings is 1. The summed E-state index contributed by atoms with van der Waals surface area (Å²) in [5.41, 5.74) is 14.6. The molecule has 4 aromatic carbocycles. The van der Waals surface area contributed by atoms with Crippen LogP contribution in [0.2, 0.25) is 0 Å². The van der Waals surface area contributed by atoms with Gasteiger partial charge < -0.3 is 4.74 Å². The molecule has 1 spiro atoms. The van der Waals surface area contributed by atoms with Crippen LogP contribution in [-0.4, -0.2) is 4.57 Å². The molecule has 0 saturated heterocycles. The smallest absolute Gasteiger partial charge is 0.352 e. The Kier molecular flexibility index (Phi) is 4.51. The topological polar surface area (TPSA) is 21.9 Å². The number of ether oxygens (including phenoxy) is 1. The Bertz CT molecular complexity index is 2270. The number of aryl methyl sites for hydroxylation is 2. The van der Waals surface area contributed by atoms with Crippen molar-refractivity contribution < 1.29 is 13.9 Å². The van der Waals surface area contributed by atoms with E-state index in [1.54, 1.807) is 0 Å². The normalized spacial score (nSPS) is 20.2. The van der Waals surface area contributed by atoms with Gasteiger partial charge in [0.2, 0.25) is 11.2 Å². The van der Waals surface area contributed by atoms with Crippen LogP contribution in [0.1, 0.15) is 79.7 Å². The van der Waals surface area contributed by atoms with Crippen molar-refractivity contribution >= 4 is 11.0 Å². The third kappa shape index (κ3) is 2.86. The first-order valence-corrected chi connectivity index (χ1v) is 16.3. The largest absolute Gasteiger partial charge is 0.448 e. The quantitative estimate of drug-likeness (QED) is 0.177. The summed E-state index contributed by atoms with van der Waals surface area (Å²) >= 11 is 0. The lowest BCUT2D eigenvalue weighted by molar-refractivity contribution is -0.733. The molecule has 0 radical (unpaired) electrons. The molecular weight excluding hydrogens is 550 g/mol. The van der Waals surface area contributed by atoms with E-state index in [1.165, 1.54) is 67.4 Å². The molecule has 4 aliphatic rings. The lowest BCUT2D eigenvalue weighted by atomic mass is 9.61. The first-order chi connectivity index (χ1) is 21.6. The third-order valence-electron chi connectivity index (χ3n) is 11.3. The molecule has 1 aliphatic carbocycles. The number of hydrogen-bond acceptors (Lipinski definition) is 1. The van der Waals surface area contributed by atoms with Gasteiger partial charge >= 0.3 is 11.4 Å². The number of para-hydroxylation sites is 1. The highest BCUT2D eigenvalue weighted by molar-refractivity contribution is 5.87. The molecule has 4 nitrogen and oxygen atoms in total. The van der Waals surface area contributed by atoms with Crippen LogP contribution in [0.15, 0.2) is 91.1 Å². The maximum absolute atomic E-state index is 7.22. The van der Waals surface area contributed by atoms with Gasteiger partial charge in [0, 0.05) is 17.7 Å². The van der Waals surface area contributed by atoms with E-state index < -0.39 is 5.54 Å². The Morgan fingerprint density at radius 3 is 2.31 bits per heavy atom. The lowest BCUT2D eigenvalue weighted by Gasteiger charge is -2.43. The van der Waals surface area contributed by atoms with E-state index in [0.29, 0.717) is 0 Å². The van der Waals surface area contributed by atoms with Crippen LogP contribution in [0.5, 0.6) is 11.5 Å². The number of fused-ring (bicyclic) bond motifs is 9. The number of hydrogen-bond donors (Lipinski definition) is 0. The molecule has 10 rings (SSSR count). The molecule has 0 fully saturated rings. The standard InChI is InChI=1S/C41H37N3O/c1-24-20-25(2)22-26(21-24)43-32-15-11-16-33-36(32)44-35-30(23-29-34(37(35)45-33)40(5,6)18-17-39(29,3)4)41(38(43)44)28-13-8-7-12-27(28)31-14-9-10-19-42(31)41/h7-16,19-23H,17-18H2,1-6H3/q+2. The molecule has 220 valence electrons. The van der Waals surface area contributed by atoms with E-state index in [-0.39, 0.29) is 10.8 Å². The highest BCUT2D eigenvalue weighted by Crippen LogP contribution is 2.60. The summed E-state index contributed by atoms with van der Waals surface area (Å²) in [7, 11) is 0. The highest BCUT2D eigenvalue weighted by Gasteiger charge is 2.70. The minimum Gasteiger partial charge on any atom is -0.448 e. The van der Waals surface area contributed by atoms with Crippen LogP contribution in [0.4, 0.5) is 0 Å². The maximum atomic E-state index is 7.22. The maximum Gasteiger partial charge on any atom is 0.352 e. The van der Waals surface area contributed by atoms with Crippen LogP contribution in [-0.2, 0) is 16.4 Å². The molecule has 5 heterocycles. The van der Waals surface area contributed by atoms with E-state index in [4.69, 9.17) is 4.74 Å². The van der Waals surface area contributed by atoms with Crippen LogP contribution >= 0.6 is 0 Å². The molecule has 3 aliphatic heterocycles. The summed E-state index contributed by atoms with van der Waals surface area (Å²) in [5.74, 6) is 3.23. The van der Waals surface area contributed by atoms with E-state index in [2.05, 4.69) is 146 Å². The van der Waals surface area contributed by atoms with Crippen molar-refractivity contribution in [2.75, 3.05) is 0 Å². The summed E-state index contributed by atoms with van der Waals surface area (Å²) in [6, 6.07) is 31.8. The van der Waals surface area contributed by atoms with Gasteiger partial charge in [0.15, 0.2) is 28.9 Å².